The number of amides is 2. The summed E-state index contributed by atoms with van der Waals surface area (Å²) in [6.07, 6.45) is 1.90. The average Bonchev–Trinajstić information content (AvgIpc) is 3.35. The zero-order valence-corrected chi connectivity index (χ0v) is 21.1. The minimum Gasteiger partial charge on any atom is -0.497 e. The van der Waals surface area contributed by atoms with Gasteiger partial charge in [-0.15, -0.1) is 11.3 Å². The van der Waals surface area contributed by atoms with Crippen molar-refractivity contribution in [1.82, 2.24) is 15.2 Å². The Bertz CT molecular complexity index is 1290. The van der Waals surface area contributed by atoms with E-state index in [1.54, 1.807) is 36.6 Å². The number of hydrogen-bond acceptors (Lipinski definition) is 6. The maximum atomic E-state index is 13.8. The maximum absolute atomic E-state index is 13.8. The molecule has 2 fully saturated rings. The van der Waals surface area contributed by atoms with Crippen LogP contribution in [0.4, 0.5) is 0 Å². The maximum Gasteiger partial charge on any atom is 0.274 e. The van der Waals surface area contributed by atoms with Crippen molar-refractivity contribution in [2.45, 2.75) is 38.8 Å². The number of nitrogens with zero attached hydrogens (tertiary/aromatic N) is 2. The largest absolute Gasteiger partial charge is 0.497 e. The van der Waals surface area contributed by atoms with Crippen LogP contribution in [-0.4, -0.2) is 54.5 Å². The van der Waals surface area contributed by atoms with Gasteiger partial charge in [-0.05, 0) is 56.4 Å². The summed E-state index contributed by atoms with van der Waals surface area (Å²) >= 11 is 1.55. The number of benzene rings is 2. The Morgan fingerprint density at radius 1 is 1.11 bits per heavy atom. The number of ether oxygens (including phenoxy) is 2. The predicted octanol–water partition coefficient (Wildman–Crippen LogP) is 4.48. The van der Waals surface area contributed by atoms with Gasteiger partial charge in [-0.3, -0.25) is 9.59 Å². The molecule has 0 spiro atoms. The summed E-state index contributed by atoms with van der Waals surface area (Å²) in [5.74, 6) is 1.26. The quantitative estimate of drug-likeness (QED) is 0.527. The first-order valence-electron chi connectivity index (χ1n) is 11.8. The highest BCUT2D eigenvalue weighted by Crippen LogP contribution is 2.49. The summed E-state index contributed by atoms with van der Waals surface area (Å²) < 4.78 is 10.6. The summed E-state index contributed by atoms with van der Waals surface area (Å²) in [6, 6.07) is 13.5. The molecule has 0 unspecified atom stereocenters. The Labute approximate surface area is 209 Å². The van der Waals surface area contributed by atoms with Crippen molar-refractivity contribution in [2.75, 3.05) is 20.8 Å². The molecule has 8 heteroatoms. The fraction of sp³-hybridized carbons (Fsp3) is 0.370. The zero-order chi connectivity index (χ0) is 24.7. The second-order valence-corrected chi connectivity index (χ2v) is 10.4. The highest BCUT2D eigenvalue weighted by molar-refractivity contribution is 7.15. The van der Waals surface area contributed by atoms with Crippen molar-refractivity contribution in [3.05, 3.63) is 64.3 Å². The van der Waals surface area contributed by atoms with E-state index in [2.05, 4.69) is 16.4 Å². The smallest absolute Gasteiger partial charge is 0.274 e. The van der Waals surface area contributed by atoms with E-state index in [9.17, 15) is 9.59 Å². The van der Waals surface area contributed by atoms with Gasteiger partial charge in [0.25, 0.3) is 11.8 Å². The van der Waals surface area contributed by atoms with Gasteiger partial charge in [-0.2, -0.15) is 0 Å². The second kappa shape index (κ2) is 9.34. The minimum atomic E-state index is -0.251. The van der Waals surface area contributed by atoms with Gasteiger partial charge >= 0.3 is 0 Å². The first-order valence-corrected chi connectivity index (χ1v) is 12.6. The minimum absolute atomic E-state index is 0.0472. The molecule has 3 aromatic rings. The lowest BCUT2D eigenvalue weighted by atomic mass is 10.1. The van der Waals surface area contributed by atoms with E-state index >= 15 is 0 Å². The van der Waals surface area contributed by atoms with Crippen molar-refractivity contribution < 1.29 is 19.1 Å². The number of nitrogens with one attached hydrogen (secondary N) is 1. The molecule has 0 radical (unpaired) electrons. The molecular weight excluding hydrogens is 462 g/mol. The van der Waals surface area contributed by atoms with Crippen LogP contribution < -0.4 is 14.8 Å². The van der Waals surface area contributed by atoms with E-state index in [0.717, 1.165) is 33.9 Å². The molecule has 1 aromatic heterocycles. The Morgan fingerprint density at radius 3 is 2.69 bits per heavy atom. The first kappa shape index (κ1) is 23.4. The summed E-state index contributed by atoms with van der Waals surface area (Å²) in [6.45, 7) is 4.36. The monoisotopic (exact) mass is 491 g/mol. The van der Waals surface area contributed by atoms with Gasteiger partial charge in [0.2, 0.25) is 0 Å². The van der Waals surface area contributed by atoms with Crippen LogP contribution in [0.2, 0.25) is 0 Å². The van der Waals surface area contributed by atoms with Crippen LogP contribution in [0.5, 0.6) is 11.5 Å². The molecule has 2 aliphatic rings. The molecule has 2 aromatic carbocycles. The lowest BCUT2D eigenvalue weighted by Crippen LogP contribution is -2.45. The molecule has 5 rings (SSSR count). The lowest BCUT2D eigenvalue weighted by Gasteiger charge is -2.28. The van der Waals surface area contributed by atoms with E-state index in [1.165, 1.54) is 7.11 Å². The van der Waals surface area contributed by atoms with Gasteiger partial charge in [0.1, 0.15) is 17.2 Å². The van der Waals surface area contributed by atoms with Gasteiger partial charge in [0, 0.05) is 12.6 Å². The van der Waals surface area contributed by atoms with Crippen LogP contribution >= 0.6 is 11.3 Å². The number of aromatic nitrogens is 1. The molecular formula is C27H29N3O4S. The molecule has 1 aliphatic carbocycles. The standard InChI is InChI=1S/C27H29N3O4S/c1-15-6-5-7-17(10-15)25-24(29-16(2)35-25)27(32)30-19(11-18-12-22(18)30)14-28-26(31)21-13-20(33-3)8-9-23(21)34-4/h5-10,13,18-19,22H,11-12,14H2,1-4H3,(H,28,31)/t18-,19-,22-/m0/s1. The number of piperidine rings is 1. The summed E-state index contributed by atoms with van der Waals surface area (Å²) in [5.41, 5.74) is 3.07. The number of carbonyl (C=O) groups is 2. The molecule has 1 saturated heterocycles. The molecule has 2 heterocycles. The van der Waals surface area contributed by atoms with E-state index in [4.69, 9.17) is 9.47 Å². The van der Waals surface area contributed by atoms with Crippen LogP contribution in [0, 0.1) is 19.8 Å². The molecule has 182 valence electrons. The van der Waals surface area contributed by atoms with E-state index in [0.29, 0.717) is 35.2 Å². The third kappa shape index (κ3) is 4.50. The predicted molar refractivity (Wildman–Crippen MR) is 135 cm³/mol. The van der Waals surface area contributed by atoms with Crippen molar-refractivity contribution in [1.29, 1.82) is 0 Å². The van der Waals surface area contributed by atoms with E-state index in [1.807, 2.05) is 36.9 Å². The Hall–Kier alpha value is -3.39. The SMILES string of the molecule is COc1ccc(OC)c(C(=O)NC[C@@H]2C[C@H]3C[C@@H]3N2C(=O)c2nc(C)sc2-c2cccc(C)c2)c1. The van der Waals surface area contributed by atoms with Crippen molar-refractivity contribution >= 4 is 23.2 Å². The highest BCUT2D eigenvalue weighted by Gasteiger charge is 2.54. The molecule has 1 aliphatic heterocycles. The fourth-order valence-electron chi connectivity index (χ4n) is 5.03. The lowest BCUT2D eigenvalue weighted by molar-refractivity contribution is 0.0684. The molecule has 7 nitrogen and oxygen atoms in total. The summed E-state index contributed by atoms with van der Waals surface area (Å²) in [5, 5.41) is 3.88. The molecule has 0 bridgehead atoms. The topological polar surface area (TPSA) is 80.8 Å². The third-order valence-corrected chi connectivity index (χ3v) is 7.83. The van der Waals surface area contributed by atoms with Gasteiger partial charge in [-0.25, -0.2) is 4.98 Å². The van der Waals surface area contributed by atoms with Gasteiger partial charge in [0.05, 0.1) is 35.7 Å². The molecule has 35 heavy (non-hydrogen) atoms. The number of fused-ring (bicyclic) bond motifs is 1. The number of hydrogen-bond donors (Lipinski definition) is 1. The molecule has 2 amide bonds. The van der Waals surface area contributed by atoms with Crippen molar-refractivity contribution in [3.8, 4) is 21.9 Å². The van der Waals surface area contributed by atoms with Crippen LogP contribution in [0.3, 0.4) is 0 Å². The van der Waals surface area contributed by atoms with Crippen LogP contribution in [-0.2, 0) is 0 Å². The average molecular weight is 492 g/mol. The van der Waals surface area contributed by atoms with E-state index in [-0.39, 0.29) is 23.9 Å². The van der Waals surface area contributed by atoms with Crippen LogP contribution in [0.25, 0.3) is 10.4 Å². The Balaban J connectivity index is 1.36. The number of aryl methyl sites for hydroxylation is 2. The number of thiazole rings is 1. The van der Waals surface area contributed by atoms with Crippen LogP contribution in [0.15, 0.2) is 42.5 Å². The summed E-state index contributed by atoms with van der Waals surface area (Å²) in [4.78, 5) is 34.3. The van der Waals surface area contributed by atoms with Crippen molar-refractivity contribution in [2.24, 2.45) is 5.92 Å². The zero-order valence-electron chi connectivity index (χ0n) is 20.3. The second-order valence-electron chi connectivity index (χ2n) is 9.22. The van der Waals surface area contributed by atoms with Gasteiger partial charge < -0.3 is 19.7 Å². The fourth-order valence-corrected chi connectivity index (χ4v) is 5.94. The van der Waals surface area contributed by atoms with Crippen LogP contribution in [0.1, 0.15) is 44.3 Å². The number of carbonyl (C=O) groups excluding carboxylic acids is 2. The Kier molecular flexibility index (Phi) is 6.23. The van der Waals surface area contributed by atoms with Crippen molar-refractivity contribution in [3.63, 3.8) is 0 Å². The number of rotatable bonds is 7. The number of methoxy groups -OCH3 is 2. The van der Waals surface area contributed by atoms with Gasteiger partial charge in [0.15, 0.2) is 0 Å². The molecule has 1 saturated carbocycles. The molecule has 1 N–H and O–H groups in total. The van der Waals surface area contributed by atoms with Gasteiger partial charge in [-0.1, -0.05) is 29.8 Å². The normalized spacial score (nSPS) is 20.3. The number of likely N-dealkylation sites (tertiary alicyclic amines) is 1. The Morgan fingerprint density at radius 2 is 1.94 bits per heavy atom. The first-order chi connectivity index (χ1) is 16.9. The highest BCUT2D eigenvalue weighted by atomic mass is 32.1. The summed E-state index contributed by atoms with van der Waals surface area (Å²) in [7, 11) is 3.09. The third-order valence-electron chi connectivity index (χ3n) is 6.81. The molecule has 3 atom stereocenters. The van der Waals surface area contributed by atoms with E-state index < -0.39 is 0 Å².